The molecule has 2 aromatic rings. The van der Waals surface area contributed by atoms with E-state index in [-0.39, 0.29) is 16.0 Å². The van der Waals surface area contributed by atoms with Crippen LogP contribution in [0.1, 0.15) is 10.5 Å². The van der Waals surface area contributed by atoms with Crippen molar-refractivity contribution in [3.63, 3.8) is 0 Å². The van der Waals surface area contributed by atoms with Gasteiger partial charge < -0.3 is 9.67 Å². The molecule has 0 radical (unpaired) electrons. The van der Waals surface area contributed by atoms with Crippen LogP contribution in [0.4, 0.5) is 0 Å². The summed E-state index contributed by atoms with van der Waals surface area (Å²) in [5.41, 5.74) is -0.0772. The van der Waals surface area contributed by atoms with Crippen molar-refractivity contribution in [3.8, 4) is 0 Å². The average Bonchev–Trinajstić information content (AvgIpc) is 2.57. The van der Waals surface area contributed by atoms with Crippen molar-refractivity contribution in [2.45, 2.75) is 0 Å². The van der Waals surface area contributed by atoms with E-state index in [1.807, 2.05) is 0 Å². The first kappa shape index (κ1) is 9.36. The first-order valence-corrected chi connectivity index (χ1v) is 4.40. The van der Waals surface area contributed by atoms with E-state index in [0.717, 1.165) is 0 Å². The quantitative estimate of drug-likeness (QED) is 0.816. The number of carbonyl (C=O) groups is 1. The number of nitrogens with zero attached hydrogens (tertiary/aromatic N) is 3. The lowest BCUT2D eigenvalue weighted by atomic mass is 10.5. The molecule has 0 bridgehead atoms. The van der Waals surface area contributed by atoms with Gasteiger partial charge in [0.25, 0.3) is 0 Å². The minimum atomic E-state index is -1.14. The Hall–Kier alpha value is -1.20. The number of aromatic carboxylic acids is 1. The van der Waals surface area contributed by atoms with Crippen LogP contribution in [0.15, 0.2) is 6.20 Å². The monoisotopic (exact) mass is 233 g/mol. The van der Waals surface area contributed by atoms with Gasteiger partial charge in [-0.1, -0.05) is 23.2 Å². The van der Waals surface area contributed by atoms with Crippen LogP contribution in [-0.4, -0.2) is 25.0 Å². The number of aromatic nitrogens is 3. The molecule has 5 nitrogen and oxygen atoms in total. The van der Waals surface area contributed by atoms with Gasteiger partial charge in [0.1, 0.15) is 10.3 Å². The first-order chi connectivity index (χ1) is 6.54. The molecular formula is C7H5Cl2N3O2. The summed E-state index contributed by atoms with van der Waals surface area (Å²) in [6, 6.07) is 0. The van der Waals surface area contributed by atoms with E-state index in [0.29, 0.717) is 5.78 Å². The third kappa shape index (κ3) is 1.03. The standard InChI is InChI=1S/C7H5Cl2N3O2/c1-11-5(9)4(6(13)14)12-3(8)2-10-7(11)12/h2H,1H3,(H,13,14). The summed E-state index contributed by atoms with van der Waals surface area (Å²) < 4.78 is 2.74. The lowest BCUT2D eigenvalue weighted by Gasteiger charge is -1.93. The Morgan fingerprint density at radius 1 is 1.57 bits per heavy atom. The van der Waals surface area contributed by atoms with Gasteiger partial charge in [0.2, 0.25) is 5.78 Å². The number of carboxylic acid groups (broad SMARTS) is 1. The Bertz CT molecular complexity index is 528. The van der Waals surface area contributed by atoms with Crippen molar-refractivity contribution >= 4 is 34.9 Å². The molecule has 0 unspecified atom stereocenters. The molecular weight excluding hydrogens is 229 g/mol. The fourth-order valence-electron chi connectivity index (χ4n) is 1.29. The second kappa shape index (κ2) is 2.90. The predicted molar refractivity (Wildman–Crippen MR) is 51.1 cm³/mol. The van der Waals surface area contributed by atoms with Crippen LogP contribution in [0, 0.1) is 0 Å². The van der Waals surface area contributed by atoms with Crippen molar-refractivity contribution < 1.29 is 9.90 Å². The maximum absolute atomic E-state index is 10.9. The predicted octanol–water partition coefficient (Wildman–Crippen LogP) is 1.68. The van der Waals surface area contributed by atoms with Gasteiger partial charge in [-0.15, -0.1) is 0 Å². The van der Waals surface area contributed by atoms with Crippen LogP contribution in [0.3, 0.4) is 0 Å². The van der Waals surface area contributed by atoms with Gasteiger partial charge >= 0.3 is 5.97 Å². The molecule has 0 saturated carbocycles. The summed E-state index contributed by atoms with van der Waals surface area (Å²) in [5, 5.41) is 9.24. The molecule has 14 heavy (non-hydrogen) atoms. The third-order valence-corrected chi connectivity index (χ3v) is 2.62. The summed E-state index contributed by atoms with van der Waals surface area (Å²) in [5.74, 6) is -0.738. The first-order valence-electron chi connectivity index (χ1n) is 3.64. The number of fused-ring (bicyclic) bond motifs is 1. The Balaban J connectivity index is 2.97. The van der Waals surface area contributed by atoms with Gasteiger partial charge in [0, 0.05) is 7.05 Å². The molecule has 0 aromatic carbocycles. The minimum Gasteiger partial charge on any atom is -0.476 e. The maximum Gasteiger partial charge on any atom is 0.356 e. The zero-order valence-corrected chi connectivity index (χ0v) is 8.54. The van der Waals surface area contributed by atoms with Gasteiger partial charge in [0.15, 0.2) is 5.69 Å². The van der Waals surface area contributed by atoms with E-state index in [1.54, 1.807) is 7.05 Å². The molecule has 2 aromatic heterocycles. The molecule has 0 aliphatic rings. The van der Waals surface area contributed by atoms with Crippen LogP contribution in [-0.2, 0) is 7.05 Å². The molecule has 0 saturated heterocycles. The number of aryl methyl sites for hydroxylation is 1. The number of imidazole rings is 2. The summed E-state index contributed by atoms with van der Waals surface area (Å²) in [7, 11) is 1.62. The molecule has 1 N–H and O–H groups in total. The van der Waals surface area contributed by atoms with E-state index in [2.05, 4.69) is 4.98 Å². The number of halogens is 2. The Morgan fingerprint density at radius 3 is 2.79 bits per heavy atom. The topological polar surface area (TPSA) is 59.5 Å². The molecule has 0 aliphatic carbocycles. The molecule has 2 rings (SSSR count). The van der Waals surface area contributed by atoms with E-state index in [4.69, 9.17) is 28.3 Å². The van der Waals surface area contributed by atoms with Crippen molar-refractivity contribution in [1.82, 2.24) is 14.0 Å². The highest BCUT2D eigenvalue weighted by Gasteiger charge is 2.22. The van der Waals surface area contributed by atoms with Gasteiger partial charge in [-0.25, -0.2) is 9.78 Å². The zero-order chi connectivity index (χ0) is 10.5. The third-order valence-electron chi connectivity index (χ3n) is 1.92. The summed E-state index contributed by atoms with van der Waals surface area (Å²) in [6.45, 7) is 0. The summed E-state index contributed by atoms with van der Waals surface area (Å²) in [6.07, 6.45) is 1.37. The summed E-state index contributed by atoms with van der Waals surface area (Å²) in [4.78, 5) is 14.8. The highest BCUT2D eigenvalue weighted by atomic mass is 35.5. The minimum absolute atomic E-state index is 0.0772. The van der Waals surface area contributed by atoms with E-state index < -0.39 is 5.97 Å². The lowest BCUT2D eigenvalue weighted by molar-refractivity contribution is 0.0689. The summed E-state index contributed by atoms with van der Waals surface area (Å²) >= 11 is 11.6. The largest absolute Gasteiger partial charge is 0.476 e. The van der Waals surface area contributed by atoms with Crippen molar-refractivity contribution in [3.05, 3.63) is 22.2 Å². The molecule has 0 atom stereocenters. The molecule has 74 valence electrons. The van der Waals surface area contributed by atoms with Crippen LogP contribution in [0.25, 0.3) is 5.78 Å². The molecule has 0 amide bonds. The van der Waals surface area contributed by atoms with Gasteiger partial charge in [-0.2, -0.15) is 0 Å². The smallest absolute Gasteiger partial charge is 0.356 e. The van der Waals surface area contributed by atoms with Crippen LogP contribution in [0.2, 0.25) is 10.3 Å². The fraction of sp³-hybridized carbons (Fsp3) is 0.143. The van der Waals surface area contributed by atoms with Crippen LogP contribution < -0.4 is 0 Å². The normalized spacial score (nSPS) is 11.1. The van der Waals surface area contributed by atoms with E-state index in [1.165, 1.54) is 15.2 Å². The van der Waals surface area contributed by atoms with Crippen LogP contribution >= 0.6 is 23.2 Å². The highest BCUT2D eigenvalue weighted by molar-refractivity contribution is 6.33. The average molecular weight is 234 g/mol. The molecule has 0 aliphatic heterocycles. The van der Waals surface area contributed by atoms with E-state index >= 15 is 0 Å². The van der Waals surface area contributed by atoms with E-state index in [9.17, 15) is 4.79 Å². The molecule has 2 heterocycles. The highest BCUT2D eigenvalue weighted by Crippen LogP contribution is 2.24. The second-order valence-electron chi connectivity index (χ2n) is 2.72. The van der Waals surface area contributed by atoms with Crippen LogP contribution in [0.5, 0.6) is 0 Å². The molecule has 0 spiro atoms. The number of hydrogen-bond donors (Lipinski definition) is 1. The second-order valence-corrected chi connectivity index (χ2v) is 3.47. The van der Waals surface area contributed by atoms with Crippen molar-refractivity contribution in [2.75, 3.05) is 0 Å². The maximum atomic E-state index is 10.9. The zero-order valence-electron chi connectivity index (χ0n) is 7.03. The van der Waals surface area contributed by atoms with Gasteiger partial charge in [0.05, 0.1) is 6.20 Å². The number of carboxylic acids is 1. The molecule has 7 heteroatoms. The van der Waals surface area contributed by atoms with Crippen molar-refractivity contribution in [2.24, 2.45) is 7.05 Å². The van der Waals surface area contributed by atoms with Gasteiger partial charge in [-0.05, 0) is 0 Å². The Morgan fingerprint density at radius 2 is 2.21 bits per heavy atom. The Kier molecular flexibility index (Phi) is 1.94. The number of hydrogen-bond acceptors (Lipinski definition) is 2. The fourth-order valence-corrected chi connectivity index (χ4v) is 1.74. The lowest BCUT2D eigenvalue weighted by Crippen LogP contribution is -2.01. The number of rotatable bonds is 1. The Labute approximate surface area is 88.5 Å². The van der Waals surface area contributed by atoms with Gasteiger partial charge in [-0.3, -0.25) is 4.40 Å². The molecule has 0 fully saturated rings. The SMILES string of the molecule is Cn1c(Cl)c(C(=O)O)n2c(Cl)cnc12. The van der Waals surface area contributed by atoms with Crippen molar-refractivity contribution in [1.29, 1.82) is 0 Å².